The van der Waals surface area contributed by atoms with Gasteiger partial charge in [-0.05, 0) is 41.1 Å². The Balaban J connectivity index is 1.47. The summed E-state index contributed by atoms with van der Waals surface area (Å²) in [5, 5.41) is 10.9. The van der Waals surface area contributed by atoms with Crippen molar-refractivity contribution in [2.75, 3.05) is 12.3 Å². The van der Waals surface area contributed by atoms with Gasteiger partial charge in [-0.1, -0.05) is 12.1 Å². The minimum Gasteiger partial charge on any atom is -0.337 e. The fourth-order valence-corrected chi connectivity index (χ4v) is 4.26. The van der Waals surface area contributed by atoms with Crippen LogP contribution in [0.2, 0.25) is 0 Å². The fraction of sp³-hybridized carbons (Fsp3) is 0.294. The summed E-state index contributed by atoms with van der Waals surface area (Å²) in [5.74, 6) is 1.53. The van der Waals surface area contributed by atoms with Gasteiger partial charge in [-0.2, -0.15) is 5.26 Å². The molecule has 2 heterocycles. The first kappa shape index (κ1) is 15.1. The minimum atomic E-state index is 0.218. The van der Waals surface area contributed by atoms with Crippen LogP contribution in [0.25, 0.3) is 0 Å². The molecular weight excluding hydrogens is 312 g/mol. The number of benzene rings is 1. The molecule has 1 aromatic heterocycles. The van der Waals surface area contributed by atoms with Gasteiger partial charge in [0.1, 0.15) is 0 Å². The molecule has 2 aromatic rings. The summed E-state index contributed by atoms with van der Waals surface area (Å²) in [6.07, 6.45) is 0.985. The van der Waals surface area contributed by atoms with Gasteiger partial charge in [0.25, 0.3) is 0 Å². The first-order valence-electron chi connectivity index (χ1n) is 7.16. The molecule has 3 nitrogen and oxygen atoms in total. The average Bonchev–Trinajstić information content (AvgIpc) is 3.03. The topological polar surface area (TPSA) is 44.1 Å². The van der Waals surface area contributed by atoms with E-state index in [9.17, 15) is 4.79 Å². The molecular formula is C17H16N2OS2. The van der Waals surface area contributed by atoms with E-state index in [4.69, 9.17) is 5.26 Å². The van der Waals surface area contributed by atoms with Gasteiger partial charge in [0.15, 0.2) is 0 Å². The molecule has 0 radical (unpaired) electrons. The number of hydrogen-bond donors (Lipinski definition) is 0. The number of fused-ring (bicyclic) bond motifs is 1. The van der Waals surface area contributed by atoms with E-state index in [1.54, 1.807) is 23.1 Å². The molecule has 1 aliphatic heterocycles. The van der Waals surface area contributed by atoms with E-state index in [1.807, 2.05) is 29.2 Å². The third-order valence-corrected chi connectivity index (χ3v) is 5.75. The SMILES string of the molecule is N#Cc1ccc(CSCC(=O)N2CCc3sccc3C2)cc1. The molecule has 0 atom stereocenters. The Kier molecular flexibility index (Phi) is 4.81. The summed E-state index contributed by atoms with van der Waals surface area (Å²) in [6.45, 7) is 1.60. The molecule has 1 aliphatic rings. The van der Waals surface area contributed by atoms with Crippen LogP contribution in [0.5, 0.6) is 0 Å². The maximum atomic E-state index is 12.3. The summed E-state index contributed by atoms with van der Waals surface area (Å²) in [5.41, 5.74) is 3.13. The van der Waals surface area contributed by atoms with Crippen molar-refractivity contribution in [3.8, 4) is 6.07 Å². The smallest absolute Gasteiger partial charge is 0.232 e. The van der Waals surface area contributed by atoms with Crippen LogP contribution in [0.3, 0.4) is 0 Å². The lowest BCUT2D eigenvalue weighted by molar-refractivity contribution is -0.129. The van der Waals surface area contributed by atoms with Gasteiger partial charge < -0.3 is 4.90 Å². The number of hydrogen-bond acceptors (Lipinski definition) is 4. The van der Waals surface area contributed by atoms with E-state index in [1.165, 1.54) is 10.4 Å². The van der Waals surface area contributed by atoms with Crippen LogP contribution < -0.4 is 0 Å². The van der Waals surface area contributed by atoms with Crippen molar-refractivity contribution >= 4 is 29.0 Å². The van der Waals surface area contributed by atoms with E-state index in [2.05, 4.69) is 17.5 Å². The highest BCUT2D eigenvalue weighted by atomic mass is 32.2. The molecule has 22 heavy (non-hydrogen) atoms. The highest BCUT2D eigenvalue weighted by molar-refractivity contribution is 7.99. The number of nitriles is 1. The molecule has 0 bridgehead atoms. The van der Waals surface area contributed by atoms with Crippen molar-refractivity contribution in [1.82, 2.24) is 4.90 Å². The Hall–Kier alpha value is -1.77. The zero-order valence-corrected chi connectivity index (χ0v) is 13.8. The molecule has 0 saturated heterocycles. The van der Waals surface area contributed by atoms with Crippen molar-refractivity contribution in [1.29, 1.82) is 5.26 Å². The predicted molar refractivity (Wildman–Crippen MR) is 90.8 cm³/mol. The van der Waals surface area contributed by atoms with Crippen molar-refractivity contribution in [3.05, 3.63) is 57.3 Å². The van der Waals surface area contributed by atoms with Crippen LogP contribution in [0, 0.1) is 11.3 Å². The van der Waals surface area contributed by atoms with Crippen molar-refractivity contribution in [2.45, 2.75) is 18.7 Å². The minimum absolute atomic E-state index is 0.218. The monoisotopic (exact) mass is 328 g/mol. The van der Waals surface area contributed by atoms with E-state index in [0.717, 1.165) is 30.8 Å². The lowest BCUT2D eigenvalue weighted by atomic mass is 10.1. The van der Waals surface area contributed by atoms with Gasteiger partial charge in [-0.3, -0.25) is 4.79 Å². The Morgan fingerprint density at radius 2 is 2.14 bits per heavy atom. The van der Waals surface area contributed by atoms with Crippen LogP contribution in [0.15, 0.2) is 35.7 Å². The zero-order valence-electron chi connectivity index (χ0n) is 12.1. The first-order chi connectivity index (χ1) is 10.8. The Labute approximate surface area is 138 Å². The van der Waals surface area contributed by atoms with Gasteiger partial charge in [0.2, 0.25) is 5.91 Å². The number of thioether (sulfide) groups is 1. The molecule has 0 saturated carbocycles. The van der Waals surface area contributed by atoms with Crippen molar-refractivity contribution in [2.24, 2.45) is 0 Å². The standard InChI is InChI=1S/C17H16N2OS2/c18-9-13-1-3-14(4-2-13)11-21-12-17(20)19-7-5-16-15(10-19)6-8-22-16/h1-4,6,8H,5,7,10-12H2. The number of carbonyl (C=O) groups excluding carboxylic acids is 1. The normalized spacial score (nSPS) is 13.5. The zero-order chi connectivity index (χ0) is 15.4. The van der Waals surface area contributed by atoms with Crippen LogP contribution in [-0.4, -0.2) is 23.1 Å². The number of rotatable bonds is 4. The van der Waals surface area contributed by atoms with Crippen molar-refractivity contribution < 1.29 is 4.79 Å². The molecule has 1 amide bonds. The summed E-state index contributed by atoms with van der Waals surface area (Å²) in [7, 11) is 0. The van der Waals surface area contributed by atoms with Crippen molar-refractivity contribution in [3.63, 3.8) is 0 Å². The van der Waals surface area contributed by atoms with E-state index < -0.39 is 0 Å². The number of amides is 1. The average molecular weight is 328 g/mol. The first-order valence-corrected chi connectivity index (χ1v) is 9.19. The van der Waals surface area contributed by atoms with Gasteiger partial charge in [0.05, 0.1) is 17.4 Å². The van der Waals surface area contributed by atoms with Gasteiger partial charge in [-0.25, -0.2) is 0 Å². The molecule has 0 spiro atoms. The predicted octanol–water partition coefficient (Wildman–Crippen LogP) is 3.44. The summed E-state index contributed by atoms with van der Waals surface area (Å²) < 4.78 is 0. The van der Waals surface area contributed by atoms with Crippen LogP contribution in [0.4, 0.5) is 0 Å². The van der Waals surface area contributed by atoms with E-state index in [0.29, 0.717) is 11.3 Å². The molecule has 3 rings (SSSR count). The second-order valence-electron chi connectivity index (χ2n) is 5.24. The van der Waals surface area contributed by atoms with Crippen LogP contribution >= 0.6 is 23.1 Å². The summed E-state index contributed by atoms with van der Waals surface area (Å²) in [4.78, 5) is 15.7. The summed E-state index contributed by atoms with van der Waals surface area (Å²) in [6, 6.07) is 11.8. The lowest BCUT2D eigenvalue weighted by Gasteiger charge is -2.26. The Morgan fingerprint density at radius 3 is 2.91 bits per heavy atom. The Morgan fingerprint density at radius 1 is 1.32 bits per heavy atom. The van der Waals surface area contributed by atoms with Gasteiger partial charge in [0, 0.05) is 23.7 Å². The molecule has 0 fully saturated rings. The largest absolute Gasteiger partial charge is 0.337 e. The molecule has 1 aromatic carbocycles. The second kappa shape index (κ2) is 6.99. The third-order valence-electron chi connectivity index (χ3n) is 3.74. The number of thiophene rings is 1. The highest BCUT2D eigenvalue weighted by Crippen LogP contribution is 2.24. The maximum Gasteiger partial charge on any atom is 0.232 e. The Bertz CT molecular complexity index is 700. The number of nitrogens with zero attached hydrogens (tertiary/aromatic N) is 2. The quantitative estimate of drug-likeness (QED) is 0.863. The molecule has 0 unspecified atom stereocenters. The van der Waals surface area contributed by atoms with Crippen LogP contribution in [-0.2, 0) is 23.5 Å². The maximum absolute atomic E-state index is 12.3. The fourth-order valence-electron chi connectivity index (χ4n) is 2.48. The van der Waals surface area contributed by atoms with Gasteiger partial charge >= 0.3 is 0 Å². The molecule has 5 heteroatoms. The van der Waals surface area contributed by atoms with Crippen LogP contribution in [0.1, 0.15) is 21.6 Å². The second-order valence-corrected chi connectivity index (χ2v) is 7.22. The van der Waals surface area contributed by atoms with Gasteiger partial charge in [-0.15, -0.1) is 23.1 Å². The summed E-state index contributed by atoms with van der Waals surface area (Å²) >= 11 is 3.42. The molecule has 0 N–H and O–H groups in total. The highest BCUT2D eigenvalue weighted by Gasteiger charge is 2.21. The lowest BCUT2D eigenvalue weighted by Crippen LogP contribution is -2.36. The van der Waals surface area contributed by atoms with E-state index >= 15 is 0 Å². The third kappa shape index (κ3) is 3.52. The molecule has 112 valence electrons. The van der Waals surface area contributed by atoms with E-state index in [-0.39, 0.29) is 5.91 Å². The number of carbonyl (C=O) groups is 1. The molecule has 0 aliphatic carbocycles.